The van der Waals surface area contributed by atoms with Gasteiger partial charge in [0.1, 0.15) is 12.2 Å². The van der Waals surface area contributed by atoms with E-state index >= 15 is 0 Å². The van der Waals surface area contributed by atoms with Crippen LogP contribution in [0.1, 0.15) is 21.8 Å². The van der Waals surface area contributed by atoms with Crippen LogP contribution in [0.3, 0.4) is 0 Å². The van der Waals surface area contributed by atoms with Crippen LogP contribution < -0.4 is 4.74 Å². The van der Waals surface area contributed by atoms with Crippen molar-refractivity contribution in [1.82, 2.24) is 5.16 Å². The summed E-state index contributed by atoms with van der Waals surface area (Å²) in [6.07, 6.45) is 0. The number of rotatable bonds is 5. The van der Waals surface area contributed by atoms with Crippen LogP contribution in [0.15, 0.2) is 28.8 Å². The van der Waals surface area contributed by atoms with Gasteiger partial charge in [0.2, 0.25) is 5.75 Å². The van der Waals surface area contributed by atoms with Gasteiger partial charge in [-0.15, -0.1) is 0 Å². The molecule has 0 aliphatic heterocycles. The second-order valence-corrected chi connectivity index (χ2v) is 3.94. The lowest BCUT2D eigenvalue weighted by molar-refractivity contribution is -0.386. The zero-order valence-corrected chi connectivity index (χ0v) is 10.4. The maximum atomic E-state index is 11.1. The van der Waals surface area contributed by atoms with Crippen molar-refractivity contribution in [3.05, 3.63) is 51.4 Å². The number of nitro groups is 1. The van der Waals surface area contributed by atoms with Crippen LogP contribution in [0, 0.1) is 17.0 Å². The summed E-state index contributed by atoms with van der Waals surface area (Å²) in [6, 6.07) is 5.28. The van der Waals surface area contributed by atoms with E-state index in [0.717, 1.165) is 0 Å². The Balaban J connectivity index is 2.32. The SMILES string of the molecule is Cc1cc(COc2c(C(=O)O)cccc2[N+](=O)[O-])on1. The molecular weight excluding hydrogens is 268 g/mol. The number of ether oxygens (including phenoxy) is 1. The molecule has 0 radical (unpaired) electrons. The van der Waals surface area contributed by atoms with Gasteiger partial charge >= 0.3 is 11.7 Å². The van der Waals surface area contributed by atoms with Crippen molar-refractivity contribution in [2.75, 3.05) is 0 Å². The van der Waals surface area contributed by atoms with Gasteiger partial charge in [0.25, 0.3) is 0 Å². The molecule has 1 heterocycles. The summed E-state index contributed by atoms with van der Waals surface area (Å²) < 4.78 is 10.1. The van der Waals surface area contributed by atoms with E-state index in [1.807, 2.05) is 0 Å². The number of hydrogen-bond donors (Lipinski definition) is 1. The van der Waals surface area contributed by atoms with E-state index < -0.39 is 16.6 Å². The average molecular weight is 278 g/mol. The van der Waals surface area contributed by atoms with Crippen LogP contribution in [0.5, 0.6) is 5.75 Å². The number of hydrogen-bond acceptors (Lipinski definition) is 6. The number of carbonyl (C=O) groups is 1. The van der Waals surface area contributed by atoms with E-state index in [1.165, 1.54) is 18.2 Å². The highest BCUT2D eigenvalue weighted by Gasteiger charge is 2.23. The van der Waals surface area contributed by atoms with Crippen LogP contribution in [0.4, 0.5) is 5.69 Å². The Labute approximate surface area is 112 Å². The Morgan fingerprint density at radius 2 is 2.30 bits per heavy atom. The second kappa shape index (κ2) is 5.39. The number of carboxylic acids is 1. The Hall–Kier alpha value is -2.90. The molecule has 0 amide bonds. The molecule has 0 atom stereocenters. The van der Waals surface area contributed by atoms with Gasteiger partial charge in [-0.1, -0.05) is 11.2 Å². The van der Waals surface area contributed by atoms with E-state index in [2.05, 4.69) is 5.16 Å². The summed E-state index contributed by atoms with van der Waals surface area (Å²) >= 11 is 0. The fraction of sp³-hybridized carbons (Fsp3) is 0.167. The maximum absolute atomic E-state index is 11.1. The van der Waals surface area contributed by atoms with E-state index in [4.69, 9.17) is 14.4 Å². The predicted molar refractivity (Wildman–Crippen MR) is 65.6 cm³/mol. The van der Waals surface area contributed by atoms with Gasteiger partial charge in [0.05, 0.1) is 10.6 Å². The molecule has 0 unspecified atom stereocenters. The summed E-state index contributed by atoms with van der Waals surface area (Å²) in [5.74, 6) is -1.27. The quantitative estimate of drug-likeness (QED) is 0.658. The molecule has 0 aliphatic carbocycles. The normalized spacial score (nSPS) is 10.2. The fourth-order valence-electron chi connectivity index (χ4n) is 1.62. The lowest BCUT2D eigenvalue weighted by Gasteiger charge is -2.07. The zero-order chi connectivity index (χ0) is 14.7. The number of nitro benzene ring substituents is 1. The zero-order valence-electron chi connectivity index (χ0n) is 10.4. The molecule has 0 fully saturated rings. The molecule has 104 valence electrons. The fourth-order valence-corrected chi connectivity index (χ4v) is 1.62. The Morgan fingerprint density at radius 1 is 1.55 bits per heavy atom. The summed E-state index contributed by atoms with van der Waals surface area (Å²) in [7, 11) is 0. The van der Waals surface area contributed by atoms with Crippen molar-refractivity contribution in [1.29, 1.82) is 0 Å². The molecule has 1 aromatic carbocycles. The lowest BCUT2D eigenvalue weighted by atomic mass is 10.1. The molecule has 1 N–H and O–H groups in total. The smallest absolute Gasteiger partial charge is 0.339 e. The Kier molecular flexibility index (Phi) is 3.65. The summed E-state index contributed by atoms with van der Waals surface area (Å²) in [6.45, 7) is 1.56. The minimum atomic E-state index is -1.31. The van der Waals surface area contributed by atoms with Gasteiger partial charge in [-0.2, -0.15) is 0 Å². The first kappa shape index (κ1) is 13.5. The van der Waals surface area contributed by atoms with Crippen molar-refractivity contribution >= 4 is 11.7 Å². The van der Waals surface area contributed by atoms with E-state index in [1.54, 1.807) is 13.0 Å². The van der Waals surface area contributed by atoms with Crippen molar-refractivity contribution < 1.29 is 24.1 Å². The predicted octanol–water partition coefficient (Wildman–Crippen LogP) is 2.17. The topological polar surface area (TPSA) is 116 Å². The van der Waals surface area contributed by atoms with Crippen LogP contribution in [0.25, 0.3) is 0 Å². The molecular formula is C12H10N2O6. The minimum Gasteiger partial charge on any atom is -0.478 e. The third kappa shape index (κ3) is 2.74. The first-order valence-electron chi connectivity index (χ1n) is 5.54. The van der Waals surface area contributed by atoms with Gasteiger partial charge in [0, 0.05) is 12.1 Å². The molecule has 2 aromatic rings. The van der Waals surface area contributed by atoms with Crippen LogP contribution in [-0.2, 0) is 6.61 Å². The molecule has 20 heavy (non-hydrogen) atoms. The molecule has 8 nitrogen and oxygen atoms in total. The molecule has 1 aromatic heterocycles. The molecule has 0 aliphatic rings. The number of aromatic nitrogens is 1. The first-order chi connectivity index (χ1) is 9.49. The van der Waals surface area contributed by atoms with Crippen molar-refractivity contribution in [2.45, 2.75) is 13.5 Å². The third-order valence-electron chi connectivity index (χ3n) is 2.46. The number of aryl methyl sites for hydroxylation is 1. The number of nitrogens with zero attached hydrogens (tertiary/aromatic N) is 2. The number of carboxylic acid groups (broad SMARTS) is 1. The van der Waals surface area contributed by atoms with Gasteiger partial charge < -0.3 is 14.4 Å². The lowest BCUT2D eigenvalue weighted by Crippen LogP contribution is -2.05. The summed E-state index contributed by atoms with van der Waals surface area (Å²) in [4.78, 5) is 21.3. The van der Waals surface area contributed by atoms with Gasteiger partial charge in [0.15, 0.2) is 5.76 Å². The monoisotopic (exact) mass is 278 g/mol. The number of aromatic carboxylic acids is 1. The average Bonchev–Trinajstić information content (AvgIpc) is 2.81. The van der Waals surface area contributed by atoms with Crippen LogP contribution in [0.2, 0.25) is 0 Å². The third-order valence-corrected chi connectivity index (χ3v) is 2.46. The van der Waals surface area contributed by atoms with Crippen LogP contribution in [-0.4, -0.2) is 21.2 Å². The molecule has 2 rings (SSSR count). The Bertz CT molecular complexity index is 631. The van der Waals surface area contributed by atoms with E-state index in [9.17, 15) is 14.9 Å². The molecule has 0 saturated carbocycles. The number of para-hydroxylation sites is 1. The summed E-state index contributed by atoms with van der Waals surface area (Å²) in [5.41, 5.74) is -0.0683. The molecule has 0 saturated heterocycles. The molecule has 8 heteroatoms. The molecule has 0 bridgehead atoms. The summed E-state index contributed by atoms with van der Waals surface area (Å²) in [5, 5.41) is 23.6. The van der Waals surface area contributed by atoms with Gasteiger partial charge in [-0.25, -0.2) is 4.79 Å². The largest absolute Gasteiger partial charge is 0.478 e. The highest BCUT2D eigenvalue weighted by atomic mass is 16.6. The van der Waals surface area contributed by atoms with Crippen molar-refractivity contribution in [2.24, 2.45) is 0 Å². The number of benzene rings is 1. The minimum absolute atomic E-state index is 0.147. The second-order valence-electron chi connectivity index (χ2n) is 3.94. The maximum Gasteiger partial charge on any atom is 0.339 e. The van der Waals surface area contributed by atoms with E-state index in [0.29, 0.717) is 11.5 Å². The van der Waals surface area contributed by atoms with Gasteiger partial charge in [-0.3, -0.25) is 10.1 Å². The van der Waals surface area contributed by atoms with Crippen molar-refractivity contribution in [3.8, 4) is 5.75 Å². The van der Waals surface area contributed by atoms with Crippen LogP contribution >= 0.6 is 0 Å². The highest BCUT2D eigenvalue weighted by molar-refractivity contribution is 5.92. The van der Waals surface area contributed by atoms with E-state index in [-0.39, 0.29) is 17.9 Å². The standard InChI is InChI=1S/C12H10N2O6/c1-7-5-8(20-13-7)6-19-11-9(12(15)16)3-2-4-10(11)14(17)18/h2-5H,6H2,1H3,(H,15,16). The highest BCUT2D eigenvalue weighted by Crippen LogP contribution is 2.31. The Morgan fingerprint density at radius 3 is 2.85 bits per heavy atom. The molecule has 0 spiro atoms. The first-order valence-corrected chi connectivity index (χ1v) is 5.54. The van der Waals surface area contributed by atoms with Crippen molar-refractivity contribution in [3.63, 3.8) is 0 Å². The van der Waals surface area contributed by atoms with Gasteiger partial charge in [-0.05, 0) is 13.0 Å².